The van der Waals surface area contributed by atoms with E-state index >= 15 is 0 Å². The van der Waals surface area contributed by atoms with E-state index in [1.54, 1.807) is 6.07 Å². The minimum atomic E-state index is -4.39. The number of anilines is 1. The van der Waals surface area contributed by atoms with E-state index in [1.165, 1.54) is 6.07 Å². The Morgan fingerprint density at radius 2 is 1.82 bits per heavy atom. The van der Waals surface area contributed by atoms with E-state index in [-0.39, 0.29) is 5.69 Å². The minimum Gasteiger partial charge on any atom is -0.371 e. The zero-order valence-corrected chi connectivity index (χ0v) is 11.9. The number of hydrogen-bond donors (Lipinski definition) is 0. The fourth-order valence-corrected chi connectivity index (χ4v) is 2.86. The molecule has 1 fully saturated rings. The van der Waals surface area contributed by atoms with Crippen LogP contribution >= 0.6 is 0 Å². The lowest BCUT2D eigenvalue weighted by molar-refractivity contribution is -0.137. The van der Waals surface area contributed by atoms with Crippen molar-refractivity contribution in [2.24, 2.45) is 0 Å². The van der Waals surface area contributed by atoms with Crippen LogP contribution in [0, 0.1) is 0 Å². The maximum atomic E-state index is 12.9. The summed E-state index contributed by atoms with van der Waals surface area (Å²) in [7, 11) is 0. The molecule has 3 rings (SSSR count). The summed E-state index contributed by atoms with van der Waals surface area (Å²) in [6.45, 7) is 1.57. The van der Waals surface area contributed by atoms with E-state index in [1.807, 2.05) is 4.90 Å². The van der Waals surface area contributed by atoms with Gasteiger partial charge in [0.2, 0.25) is 0 Å². The quantitative estimate of drug-likeness (QED) is 0.785. The highest BCUT2D eigenvalue weighted by atomic mass is 19.4. The van der Waals surface area contributed by atoms with Crippen LogP contribution in [0.2, 0.25) is 0 Å². The van der Waals surface area contributed by atoms with Crippen LogP contribution in [-0.2, 0) is 6.18 Å². The summed E-state index contributed by atoms with van der Waals surface area (Å²) >= 11 is 0. The molecule has 0 bridgehead atoms. The van der Waals surface area contributed by atoms with Gasteiger partial charge < -0.3 is 4.90 Å². The molecule has 116 valence electrons. The van der Waals surface area contributed by atoms with Crippen molar-refractivity contribution < 1.29 is 18.0 Å². The van der Waals surface area contributed by atoms with Crippen LogP contribution in [0.3, 0.4) is 0 Å². The maximum absolute atomic E-state index is 12.9. The van der Waals surface area contributed by atoms with Gasteiger partial charge in [0.05, 0.1) is 11.1 Å². The summed E-state index contributed by atoms with van der Waals surface area (Å²) in [5.41, 5.74) is 0.628. The summed E-state index contributed by atoms with van der Waals surface area (Å²) in [5.74, 6) is 0. The molecule has 2 aromatic rings. The van der Waals surface area contributed by atoms with Gasteiger partial charge in [-0.05, 0) is 43.5 Å². The molecule has 22 heavy (non-hydrogen) atoms. The Hall–Kier alpha value is -2.11. The Kier molecular flexibility index (Phi) is 3.76. The van der Waals surface area contributed by atoms with Crippen molar-refractivity contribution in [1.82, 2.24) is 4.98 Å². The second-order valence-electron chi connectivity index (χ2n) is 5.46. The van der Waals surface area contributed by atoms with Crippen molar-refractivity contribution in [2.45, 2.75) is 25.4 Å². The molecule has 0 atom stereocenters. The monoisotopic (exact) mass is 308 g/mol. The number of halogens is 3. The zero-order valence-electron chi connectivity index (χ0n) is 11.9. The van der Waals surface area contributed by atoms with Crippen LogP contribution in [0.4, 0.5) is 18.9 Å². The number of aromatic nitrogens is 1. The number of fused-ring (bicyclic) bond motifs is 1. The molecule has 1 aliphatic heterocycles. The first-order chi connectivity index (χ1) is 10.5. The zero-order chi connectivity index (χ0) is 15.7. The van der Waals surface area contributed by atoms with Crippen LogP contribution < -0.4 is 4.90 Å². The summed E-state index contributed by atoms with van der Waals surface area (Å²) in [6.07, 6.45) is -0.645. The van der Waals surface area contributed by atoms with Crippen molar-refractivity contribution in [3.05, 3.63) is 35.5 Å². The largest absolute Gasteiger partial charge is 0.416 e. The molecule has 0 aliphatic carbocycles. The van der Waals surface area contributed by atoms with Gasteiger partial charge in [-0.15, -0.1) is 0 Å². The maximum Gasteiger partial charge on any atom is 0.416 e. The molecule has 0 radical (unpaired) electrons. The van der Waals surface area contributed by atoms with Crippen molar-refractivity contribution in [3.63, 3.8) is 0 Å². The molecule has 1 aromatic heterocycles. The average Bonchev–Trinajstić information content (AvgIpc) is 2.53. The number of piperidine rings is 1. The number of pyridine rings is 1. The second kappa shape index (κ2) is 5.59. The van der Waals surface area contributed by atoms with Gasteiger partial charge in [0.25, 0.3) is 0 Å². The molecule has 1 aliphatic rings. The molecule has 3 nitrogen and oxygen atoms in total. The third kappa shape index (κ3) is 2.77. The van der Waals surface area contributed by atoms with Gasteiger partial charge in [-0.25, -0.2) is 4.98 Å². The van der Waals surface area contributed by atoms with Gasteiger partial charge in [-0.3, -0.25) is 4.79 Å². The fourth-order valence-electron chi connectivity index (χ4n) is 2.86. The van der Waals surface area contributed by atoms with E-state index in [2.05, 4.69) is 4.98 Å². The molecule has 6 heteroatoms. The second-order valence-corrected chi connectivity index (χ2v) is 5.46. The van der Waals surface area contributed by atoms with Crippen LogP contribution in [0.5, 0.6) is 0 Å². The molecule has 0 spiro atoms. The minimum absolute atomic E-state index is 0.243. The van der Waals surface area contributed by atoms with Crippen LogP contribution in [-0.4, -0.2) is 24.4 Å². The van der Waals surface area contributed by atoms with Crippen LogP contribution in [0.1, 0.15) is 35.3 Å². The molecular weight excluding hydrogens is 293 g/mol. The Bertz CT molecular complexity index is 706. The van der Waals surface area contributed by atoms with E-state index in [4.69, 9.17) is 0 Å². The van der Waals surface area contributed by atoms with Crippen molar-refractivity contribution in [3.8, 4) is 0 Å². The smallest absolute Gasteiger partial charge is 0.371 e. The third-order valence-electron chi connectivity index (χ3n) is 3.95. The molecule has 1 aromatic carbocycles. The SMILES string of the molecule is O=Cc1cc(N2CCCCC2)c2cc(C(F)(F)F)ccc2n1. The van der Waals surface area contributed by atoms with E-state index < -0.39 is 11.7 Å². The number of aldehydes is 1. The van der Waals surface area contributed by atoms with Gasteiger partial charge in [-0.1, -0.05) is 0 Å². The van der Waals surface area contributed by atoms with E-state index in [0.29, 0.717) is 22.9 Å². The summed E-state index contributed by atoms with van der Waals surface area (Å²) in [5, 5.41) is 0.447. The van der Waals surface area contributed by atoms with E-state index in [9.17, 15) is 18.0 Å². The van der Waals surface area contributed by atoms with Crippen molar-refractivity contribution in [1.29, 1.82) is 0 Å². The first-order valence-electron chi connectivity index (χ1n) is 7.21. The number of alkyl halides is 3. The Labute approximate surface area is 125 Å². The van der Waals surface area contributed by atoms with Crippen LogP contribution in [0.25, 0.3) is 10.9 Å². The number of benzene rings is 1. The summed E-state index contributed by atoms with van der Waals surface area (Å²) in [6, 6.07) is 5.05. The Morgan fingerprint density at radius 1 is 1.09 bits per heavy atom. The first-order valence-corrected chi connectivity index (χ1v) is 7.21. The van der Waals surface area contributed by atoms with Gasteiger partial charge >= 0.3 is 6.18 Å². The topological polar surface area (TPSA) is 33.2 Å². The Morgan fingerprint density at radius 3 is 2.45 bits per heavy atom. The van der Waals surface area contributed by atoms with Crippen molar-refractivity contribution >= 4 is 22.9 Å². The number of carbonyl (C=O) groups is 1. The lowest BCUT2D eigenvalue weighted by Gasteiger charge is -2.30. The molecule has 1 saturated heterocycles. The van der Waals surface area contributed by atoms with E-state index in [0.717, 1.165) is 44.5 Å². The highest BCUT2D eigenvalue weighted by Gasteiger charge is 2.31. The molecule has 0 unspecified atom stereocenters. The third-order valence-corrected chi connectivity index (χ3v) is 3.95. The van der Waals surface area contributed by atoms with Gasteiger partial charge in [0.1, 0.15) is 5.69 Å². The predicted molar refractivity (Wildman–Crippen MR) is 78.2 cm³/mol. The molecule has 0 N–H and O–H groups in total. The van der Waals surface area contributed by atoms with Gasteiger partial charge in [-0.2, -0.15) is 13.2 Å². The lowest BCUT2D eigenvalue weighted by atomic mass is 10.0. The average molecular weight is 308 g/mol. The standard InChI is InChI=1S/C16H15F3N2O/c17-16(18,19)11-4-5-14-13(8-11)15(9-12(10-22)20-14)21-6-2-1-3-7-21/h4-5,8-10H,1-3,6-7H2. The highest BCUT2D eigenvalue weighted by molar-refractivity contribution is 5.95. The molecule has 2 heterocycles. The number of hydrogen-bond acceptors (Lipinski definition) is 3. The van der Waals surface area contributed by atoms with Crippen LogP contribution in [0.15, 0.2) is 24.3 Å². The predicted octanol–water partition coefficient (Wildman–Crippen LogP) is 4.06. The number of nitrogens with zero attached hydrogens (tertiary/aromatic N) is 2. The highest BCUT2D eigenvalue weighted by Crippen LogP contribution is 2.35. The summed E-state index contributed by atoms with van der Waals surface area (Å²) in [4.78, 5) is 17.2. The fraction of sp³-hybridized carbons (Fsp3) is 0.375. The normalized spacial score (nSPS) is 16.0. The lowest BCUT2D eigenvalue weighted by Crippen LogP contribution is -2.29. The molecular formula is C16H15F3N2O. The first kappa shape index (κ1) is 14.8. The van der Waals surface area contributed by atoms with Crippen molar-refractivity contribution in [2.75, 3.05) is 18.0 Å². The summed E-state index contributed by atoms with van der Waals surface area (Å²) < 4.78 is 38.8. The number of carbonyl (C=O) groups excluding carboxylic acids is 1. The number of rotatable bonds is 2. The molecule has 0 saturated carbocycles. The molecule has 0 amide bonds. The Balaban J connectivity index is 2.19. The van der Waals surface area contributed by atoms with Gasteiger partial charge in [0.15, 0.2) is 6.29 Å². The van der Waals surface area contributed by atoms with Gasteiger partial charge in [0, 0.05) is 24.2 Å².